The highest BCUT2D eigenvalue weighted by Gasteiger charge is 2.08. The minimum absolute atomic E-state index is 0.0629. The van der Waals surface area contributed by atoms with E-state index in [9.17, 15) is 9.90 Å². The van der Waals surface area contributed by atoms with E-state index in [4.69, 9.17) is 11.6 Å². The van der Waals surface area contributed by atoms with E-state index in [0.717, 1.165) is 11.1 Å². The van der Waals surface area contributed by atoms with Gasteiger partial charge in [-0.15, -0.1) is 0 Å². The molecule has 0 unspecified atom stereocenters. The molecule has 1 atom stereocenters. The number of amides is 1. The number of nitrogens with one attached hydrogen (secondary N) is 1. The number of carbonyl (C=O) groups excluding carboxylic acids is 1. The quantitative estimate of drug-likeness (QED) is 0.825. The summed E-state index contributed by atoms with van der Waals surface area (Å²) in [5, 5.41) is 13.4. The number of hydrogen-bond donors (Lipinski definition) is 2. The van der Waals surface area contributed by atoms with Gasteiger partial charge in [-0.2, -0.15) is 0 Å². The molecule has 0 spiro atoms. The molecular formula is C18H20ClNO2. The van der Waals surface area contributed by atoms with Gasteiger partial charge in [-0.05, 0) is 29.7 Å². The maximum atomic E-state index is 11.8. The summed E-state index contributed by atoms with van der Waals surface area (Å²) in [6.07, 6.45) is 0.993. The third-order valence-corrected chi connectivity index (χ3v) is 3.61. The zero-order valence-corrected chi connectivity index (χ0v) is 13.1. The van der Waals surface area contributed by atoms with Crippen LogP contribution < -0.4 is 5.32 Å². The summed E-state index contributed by atoms with van der Waals surface area (Å²) in [7, 11) is 0. The third-order valence-electron chi connectivity index (χ3n) is 3.38. The zero-order valence-electron chi connectivity index (χ0n) is 12.3. The van der Waals surface area contributed by atoms with Crippen molar-refractivity contribution in [1.82, 2.24) is 5.32 Å². The van der Waals surface area contributed by atoms with E-state index in [-0.39, 0.29) is 12.5 Å². The lowest BCUT2D eigenvalue weighted by Crippen LogP contribution is -2.33. The van der Waals surface area contributed by atoms with E-state index in [1.165, 1.54) is 0 Å². The van der Waals surface area contributed by atoms with Crippen LogP contribution in [0.2, 0.25) is 5.02 Å². The van der Waals surface area contributed by atoms with Crippen molar-refractivity contribution in [3.8, 4) is 0 Å². The van der Waals surface area contributed by atoms with Gasteiger partial charge in [-0.1, -0.05) is 54.1 Å². The van der Waals surface area contributed by atoms with Gasteiger partial charge in [-0.25, -0.2) is 0 Å². The zero-order chi connectivity index (χ0) is 15.8. The minimum Gasteiger partial charge on any atom is -0.391 e. The van der Waals surface area contributed by atoms with E-state index >= 15 is 0 Å². The van der Waals surface area contributed by atoms with Crippen molar-refractivity contribution in [2.24, 2.45) is 0 Å². The van der Waals surface area contributed by atoms with Crippen LogP contribution in [0.1, 0.15) is 17.5 Å². The van der Waals surface area contributed by atoms with Crippen LogP contribution in [-0.4, -0.2) is 23.7 Å². The molecule has 0 aliphatic rings. The fraction of sp³-hybridized carbons (Fsp3) is 0.278. The summed E-state index contributed by atoms with van der Waals surface area (Å²) < 4.78 is 0. The Morgan fingerprint density at radius 1 is 1.09 bits per heavy atom. The predicted molar refractivity (Wildman–Crippen MR) is 88.9 cm³/mol. The molecule has 3 nitrogen and oxygen atoms in total. The Morgan fingerprint density at radius 2 is 1.82 bits per heavy atom. The van der Waals surface area contributed by atoms with Gasteiger partial charge in [0, 0.05) is 24.4 Å². The van der Waals surface area contributed by atoms with E-state index in [1.807, 2.05) is 54.6 Å². The Labute approximate surface area is 135 Å². The molecular weight excluding hydrogens is 298 g/mol. The SMILES string of the molecule is O=C(CCc1cccc(Cl)c1)NC[C@H](O)Cc1ccccc1. The third kappa shape index (κ3) is 5.88. The molecule has 0 saturated heterocycles. The van der Waals surface area contributed by atoms with Gasteiger partial charge in [0.2, 0.25) is 5.91 Å². The molecule has 2 aromatic rings. The van der Waals surface area contributed by atoms with Gasteiger partial charge in [0.25, 0.3) is 0 Å². The van der Waals surface area contributed by atoms with Gasteiger partial charge in [0.05, 0.1) is 6.10 Å². The van der Waals surface area contributed by atoms with E-state index in [2.05, 4.69) is 5.32 Å². The van der Waals surface area contributed by atoms with Crippen LogP contribution >= 0.6 is 11.6 Å². The smallest absolute Gasteiger partial charge is 0.220 e. The van der Waals surface area contributed by atoms with Crippen LogP contribution in [0.25, 0.3) is 0 Å². The largest absolute Gasteiger partial charge is 0.391 e. The molecule has 0 radical (unpaired) electrons. The lowest BCUT2D eigenvalue weighted by Gasteiger charge is -2.12. The van der Waals surface area contributed by atoms with Crippen molar-refractivity contribution >= 4 is 17.5 Å². The van der Waals surface area contributed by atoms with Crippen molar-refractivity contribution < 1.29 is 9.90 Å². The van der Waals surface area contributed by atoms with E-state index in [1.54, 1.807) is 0 Å². The average Bonchev–Trinajstić information content (AvgIpc) is 2.52. The lowest BCUT2D eigenvalue weighted by molar-refractivity contribution is -0.121. The number of halogens is 1. The molecule has 2 N–H and O–H groups in total. The predicted octanol–water partition coefficient (Wildman–Crippen LogP) is 2.99. The first-order valence-corrected chi connectivity index (χ1v) is 7.74. The number of hydrogen-bond acceptors (Lipinski definition) is 2. The highest BCUT2D eigenvalue weighted by Crippen LogP contribution is 2.12. The summed E-state index contributed by atoms with van der Waals surface area (Å²) in [4.78, 5) is 11.8. The molecule has 0 aliphatic carbocycles. The van der Waals surface area contributed by atoms with Gasteiger partial charge in [0.1, 0.15) is 0 Å². The van der Waals surface area contributed by atoms with Gasteiger partial charge in [-0.3, -0.25) is 4.79 Å². The maximum Gasteiger partial charge on any atom is 0.220 e. The van der Waals surface area contributed by atoms with Crippen LogP contribution in [0.5, 0.6) is 0 Å². The van der Waals surface area contributed by atoms with E-state index in [0.29, 0.717) is 24.3 Å². The summed E-state index contributed by atoms with van der Waals surface area (Å²) in [5.41, 5.74) is 2.09. The fourth-order valence-corrected chi connectivity index (χ4v) is 2.44. The number of benzene rings is 2. The van der Waals surface area contributed by atoms with Crippen molar-refractivity contribution in [2.75, 3.05) is 6.54 Å². The number of rotatable bonds is 7. The second kappa shape index (κ2) is 8.57. The van der Waals surface area contributed by atoms with Gasteiger partial charge < -0.3 is 10.4 Å². The first kappa shape index (κ1) is 16.5. The Bertz CT molecular complexity index is 601. The average molecular weight is 318 g/mol. The van der Waals surface area contributed by atoms with Crippen LogP contribution in [0, 0.1) is 0 Å². The molecule has 4 heteroatoms. The van der Waals surface area contributed by atoms with Crippen LogP contribution in [0.4, 0.5) is 0 Å². The summed E-state index contributed by atoms with van der Waals surface area (Å²) >= 11 is 5.91. The molecule has 22 heavy (non-hydrogen) atoms. The van der Waals surface area contributed by atoms with Crippen LogP contribution in [-0.2, 0) is 17.6 Å². The first-order chi connectivity index (χ1) is 10.6. The second-order valence-electron chi connectivity index (χ2n) is 5.28. The Hall–Kier alpha value is -1.84. The highest BCUT2D eigenvalue weighted by molar-refractivity contribution is 6.30. The molecule has 1 amide bonds. The number of aliphatic hydroxyl groups excluding tert-OH is 1. The van der Waals surface area contributed by atoms with Crippen molar-refractivity contribution in [3.63, 3.8) is 0 Å². The molecule has 116 valence electrons. The summed E-state index contributed by atoms with van der Waals surface area (Å²) in [5.74, 6) is -0.0629. The Kier molecular flexibility index (Phi) is 6.44. The van der Waals surface area contributed by atoms with Crippen molar-refractivity contribution in [1.29, 1.82) is 0 Å². The Balaban J connectivity index is 1.69. The highest BCUT2D eigenvalue weighted by atomic mass is 35.5. The molecule has 0 fully saturated rings. The number of carbonyl (C=O) groups is 1. The van der Waals surface area contributed by atoms with Gasteiger partial charge >= 0.3 is 0 Å². The standard InChI is InChI=1S/C18H20ClNO2/c19-16-8-4-7-15(11-16)9-10-18(22)20-13-17(21)12-14-5-2-1-3-6-14/h1-8,11,17,21H,9-10,12-13H2,(H,20,22)/t17-/m1/s1. The van der Waals surface area contributed by atoms with Crippen molar-refractivity contribution in [2.45, 2.75) is 25.4 Å². The van der Waals surface area contributed by atoms with Gasteiger partial charge in [0.15, 0.2) is 0 Å². The summed E-state index contributed by atoms with van der Waals surface area (Å²) in [6.45, 7) is 0.267. The van der Waals surface area contributed by atoms with Crippen molar-refractivity contribution in [3.05, 3.63) is 70.7 Å². The fourth-order valence-electron chi connectivity index (χ4n) is 2.23. The molecule has 0 heterocycles. The number of aliphatic hydroxyl groups is 1. The second-order valence-corrected chi connectivity index (χ2v) is 5.71. The lowest BCUT2D eigenvalue weighted by atomic mass is 10.1. The monoisotopic (exact) mass is 317 g/mol. The molecule has 0 saturated carbocycles. The Morgan fingerprint density at radius 3 is 2.55 bits per heavy atom. The van der Waals surface area contributed by atoms with Crippen LogP contribution in [0.15, 0.2) is 54.6 Å². The molecule has 0 aromatic heterocycles. The minimum atomic E-state index is -0.572. The maximum absolute atomic E-state index is 11.8. The molecule has 2 aromatic carbocycles. The van der Waals surface area contributed by atoms with E-state index < -0.39 is 6.10 Å². The molecule has 0 bridgehead atoms. The first-order valence-electron chi connectivity index (χ1n) is 7.36. The molecule has 2 rings (SSSR count). The number of aryl methyl sites for hydroxylation is 1. The summed E-state index contributed by atoms with van der Waals surface area (Å²) in [6, 6.07) is 17.2. The topological polar surface area (TPSA) is 49.3 Å². The molecule has 0 aliphatic heterocycles. The van der Waals surface area contributed by atoms with Crippen LogP contribution in [0.3, 0.4) is 0 Å². The normalized spacial score (nSPS) is 11.9.